The van der Waals surface area contributed by atoms with Gasteiger partial charge in [-0.25, -0.2) is 40.1 Å². The Hall–Kier alpha value is -3.46. The third-order valence-corrected chi connectivity index (χ3v) is 5.88. The first-order chi connectivity index (χ1) is 15.0. The summed E-state index contributed by atoms with van der Waals surface area (Å²) in [6.07, 6.45) is 1.44. The number of urea groups is 1. The van der Waals surface area contributed by atoms with Gasteiger partial charge in [0, 0.05) is 11.6 Å². The van der Waals surface area contributed by atoms with Crippen molar-refractivity contribution in [2.45, 2.75) is 4.90 Å². The Bertz CT molecular complexity index is 1260. The summed E-state index contributed by atoms with van der Waals surface area (Å²) in [5.41, 5.74) is -0.460. The molecule has 0 bridgehead atoms. The van der Waals surface area contributed by atoms with Crippen molar-refractivity contribution in [1.82, 2.24) is 4.98 Å². The summed E-state index contributed by atoms with van der Waals surface area (Å²) < 4.78 is 99.3. The van der Waals surface area contributed by atoms with Crippen molar-refractivity contribution in [3.8, 4) is 5.75 Å². The van der Waals surface area contributed by atoms with Crippen molar-refractivity contribution in [2.75, 3.05) is 22.5 Å². The molecule has 0 spiro atoms. The largest absolute Gasteiger partial charge is 0.495 e. The number of thiazole rings is 1. The maximum atomic E-state index is 13.9. The van der Waals surface area contributed by atoms with E-state index in [1.54, 1.807) is 10.1 Å². The average molecular weight is 494 g/mol. The Labute approximate surface area is 181 Å². The van der Waals surface area contributed by atoms with Gasteiger partial charge in [-0.05, 0) is 18.2 Å². The van der Waals surface area contributed by atoms with Crippen LogP contribution in [0.5, 0.6) is 5.75 Å². The van der Waals surface area contributed by atoms with Crippen LogP contribution in [0.1, 0.15) is 0 Å². The van der Waals surface area contributed by atoms with Gasteiger partial charge in [0.15, 0.2) is 33.3 Å². The lowest BCUT2D eigenvalue weighted by Gasteiger charge is -2.14. The number of aromatic nitrogens is 1. The van der Waals surface area contributed by atoms with Gasteiger partial charge in [-0.3, -0.25) is 10.0 Å². The molecule has 0 aliphatic rings. The fourth-order valence-corrected chi connectivity index (χ4v) is 4.15. The molecule has 1 aromatic heterocycles. The highest BCUT2D eigenvalue weighted by Crippen LogP contribution is 2.31. The van der Waals surface area contributed by atoms with Gasteiger partial charge in [0.25, 0.3) is 10.0 Å². The average Bonchev–Trinajstić information content (AvgIpc) is 3.23. The third-order valence-electron chi connectivity index (χ3n) is 3.79. The second kappa shape index (κ2) is 8.96. The molecule has 170 valence electrons. The quantitative estimate of drug-likeness (QED) is 0.269. The smallest absolute Gasteiger partial charge is 0.325 e. The Balaban J connectivity index is 1.92. The monoisotopic (exact) mass is 494 g/mol. The van der Waals surface area contributed by atoms with Crippen molar-refractivity contribution in [1.29, 1.82) is 0 Å². The molecular formula is C17H11F5N4O4S2. The van der Waals surface area contributed by atoms with Crippen molar-refractivity contribution in [3.63, 3.8) is 0 Å². The van der Waals surface area contributed by atoms with Crippen LogP contribution in [0, 0.1) is 29.1 Å². The van der Waals surface area contributed by atoms with Crippen molar-refractivity contribution in [2.24, 2.45) is 0 Å². The number of rotatable bonds is 6. The van der Waals surface area contributed by atoms with E-state index in [-0.39, 0.29) is 22.3 Å². The number of carbonyl (C=O) groups excluding carboxylic acids is 1. The zero-order chi connectivity index (χ0) is 23.6. The van der Waals surface area contributed by atoms with Crippen LogP contribution >= 0.6 is 11.3 Å². The molecule has 2 aromatic carbocycles. The molecule has 2 amide bonds. The lowest BCUT2D eigenvalue weighted by molar-refractivity contribution is 0.262. The van der Waals surface area contributed by atoms with Crippen molar-refractivity contribution in [3.05, 3.63) is 58.9 Å². The molecule has 0 saturated heterocycles. The molecule has 1 heterocycles. The predicted octanol–water partition coefficient (Wildman–Crippen LogP) is 4.29. The number of halogens is 5. The molecule has 0 saturated carbocycles. The minimum Gasteiger partial charge on any atom is -0.495 e. The molecule has 15 heteroatoms. The highest BCUT2D eigenvalue weighted by atomic mass is 32.2. The van der Waals surface area contributed by atoms with Crippen LogP contribution in [-0.4, -0.2) is 26.5 Å². The highest BCUT2D eigenvalue weighted by molar-refractivity contribution is 7.92. The number of hydrogen-bond acceptors (Lipinski definition) is 6. The van der Waals surface area contributed by atoms with Crippen LogP contribution in [0.15, 0.2) is 34.7 Å². The van der Waals surface area contributed by atoms with Gasteiger partial charge < -0.3 is 10.1 Å². The number of ether oxygens (including phenoxy) is 1. The van der Waals surface area contributed by atoms with E-state index in [2.05, 4.69) is 15.6 Å². The summed E-state index contributed by atoms with van der Waals surface area (Å²) >= 11 is 1.12. The lowest BCUT2D eigenvalue weighted by Crippen LogP contribution is -2.21. The molecule has 32 heavy (non-hydrogen) atoms. The van der Waals surface area contributed by atoms with E-state index in [0.717, 1.165) is 23.5 Å². The van der Waals surface area contributed by atoms with E-state index in [4.69, 9.17) is 4.74 Å². The van der Waals surface area contributed by atoms with E-state index >= 15 is 0 Å². The molecule has 0 fully saturated rings. The number of amides is 2. The lowest BCUT2D eigenvalue weighted by atomic mass is 10.2. The van der Waals surface area contributed by atoms with Gasteiger partial charge in [-0.15, -0.1) is 11.3 Å². The Kier molecular flexibility index (Phi) is 6.50. The Morgan fingerprint density at radius 3 is 2.19 bits per heavy atom. The van der Waals surface area contributed by atoms with E-state index in [1.165, 1.54) is 19.4 Å². The molecule has 0 aliphatic heterocycles. The van der Waals surface area contributed by atoms with E-state index in [1.807, 2.05) is 0 Å². The molecular weight excluding hydrogens is 483 g/mol. The van der Waals surface area contributed by atoms with Crippen LogP contribution in [0.2, 0.25) is 0 Å². The fraction of sp³-hybridized carbons (Fsp3) is 0.0588. The number of carbonyl (C=O) groups is 1. The summed E-state index contributed by atoms with van der Waals surface area (Å²) in [5, 5.41) is 6.60. The van der Waals surface area contributed by atoms with Crippen LogP contribution in [-0.2, 0) is 10.0 Å². The third kappa shape index (κ3) is 4.57. The Morgan fingerprint density at radius 2 is 1.62 bits per heavy atom. The zero-order valence-electron chi connectivity index (χ0n) is 15.7. The number of nitrogens with zero attached hydrogens (tertiary/aromatic N) is 1. The van der Waals surface area contributed by atoms with E-state index in [0.29, 0.717) is 0 Å². The molecule has 3 rings (SSSR count). The molecule has 0 atom stereocenters. The number of benzene rings is 2. The van der Waals surface area contributed by atoms with Gasteiger partial charge in [-0.2, -0.15) is 0 Å². The zero-order valence-corrected chi connectivity index (χ0v) is 17.3. The maximum Gasteiger partial charge on any atom is 0.325 e. The second-order valence-electron chi connectivity index (χ2n) is 5.84. The van der Waals surface area contributed by atoms with E-state index in [9.17, 15) is 35.2 Å². The first-order valence-corrected chi connectivity index (χ1v) is 10.6. The number of nitrogens with one attached hydrogen (secondary N) is 3. The van der Waals surface area contributed by atoms with Crippen LogP contribution in [0.25, 0.3) is 0 Å². The summed E-state index contributed by atoms with van der Waals surface area (Å²) in [4.78, 5) is 13.9. The first-order valence-electron chi connectivity index (χ1n) is 8.25. The van der Waals surface area contributed by atoms with Gasteiger partial charge >= 0.3 is 6.03 Å². The second-order valence-corrected chi connectivity index (χ2v) is 8.35. The number of methoxy groups -OCH3 is 1. The SMILES string of the molecule is COc1ccc(NS(=O)(=O)c2c(F)c(F)c(F)c(F)c2F)cc1NC(=O)Nc1nccs1. The molecule has 0 aliphatic carbocycles. The van der Waals surface area contributed by atoms with Crippen molar-refractivity contribution >= 4 is 43.9 Å². The topological polar surface area (TPSA) is 109 Å². The minimum atomic E-state index is -5.27. The number of anilines is 3. The van der Waals surface area contributed by atoms with Crippen LogP contribution in [0.3, 0.4) is 0 Å². The highest BCUT2D eigenvalue weighted by Gasteiger charge is 2.33. The molecule has 8 nitrogen and oxygen atoms in total. The number of sulfonamides is 1. The van der Waals surface area contributed by atoms with Crippen molar-refractivity contribution < 1.29 is 39.9 Å². The first kappa shape index (κ1) is 23.2. The van der Waals surface area contributed by atoms with Gasteiger partial charge in [0.1, 0.15) is 5.75 Å². The number of hydrogen-bond donors (Lipinski definition) is 3. The van der Waals surface area contributed by atoms with Crippen LogP contribution in [0.4, 0.5) is 43.3 Å². The van der Waals surface area contributed by atoms with Gasteiger partial charge in [0.05, 0.1) is 18.5 Å². The minimum absolute atomic E-state index is 0.0680. The van der Waals surface area contributed by atoms with Crippen LogP contribution < -0.4 is 20.1 Å². The molecule has 0 unspecified atom stereocenters. The summed E-state index contributed by atoms with van der Waals surface area (Å²) in [6.45, 7) is 0. The molecule has 3 N–H and O–H groups in total. The normalized spacial score (nSPS) is 11.2. The summed E-state index contributed by atoms with van der Waals surface area (Å²) in [7, 11) is -4.02. The Morgan fingerprint density at radius 1 is 1.00 bits per heavy atom. The standard InChI is InChI=1S/C17H11F5N4O4S2/c1-30-9-3-2-7(6-8(9)24-16(27)25-17-23-4-5-31-17)26-32(28,29)15-13(21)11(19)10(18)12(20)14(15)22/h2-6,26H,1H3,(H2,23,24,25,27). The van der Waals surface area contributed by atoms with Gasteiger partial charge in [-0.1, -0.05) is 0 Å². The molecule has 0 radical (unpaired) electrons. The molecule has 3 aromatic rings. The fourth-order valence-electron chi connectivity index (χ4n) is 2.43. The summed E-state index contributed by atoms with van der Waals surface area (Å²) in [6, 6.07) is 2.49. The predicted molar refractivity (Wildman–Crippen MR) is 105 cm³/mol. The maximum absolute atomic E-state index is 13.9. The summed E-state index contributed by atoms with van der Waals surface area (Å²) in [5.74, 6) is -12.3. The van der Waals surface area contributed by atoms with E-state index < -0.39 is 50.0 Å². The van der Waals surface area contributed by atoms with Gasteiger partial charge in [0.2, 0.25) is 5.82 Å².